The summed E-state index contributed by atoms with van der Waals surface area (Å²) >= 11 is 7.45. The number of hydrogen-bond donors (Lipinski definition) is 2. The van der Waals surface area contributed by atoms with Gasteiger partial charge in [-0.15, -0.1) is 11.3 Å². The molecule has 0 fully saturated rings. The first kappa shape index (κ1) is 24.5. The minimum Gasteiger partial charge on any atom is -0.504 e. The largest absolute Gasteiger partial charge is 0.504 e. The number of phenolic OH excluding ortho intramolecular Hbond substituents is 1. The molecule has 1 aromatic heterocycles. The highest BCUT2D eigenvalue weighted by Crippen LogP contribution is 2.38. The molecule has 1 atom stereocenters. The monoisotopic (exact) mass is 531 g/mol. The first-order valence-electron chi connectivity index (χ1n) is 11.4. The maximum atomic E-state index is 12.7. The van der Waals surface area contributed by atoms with Crippen LogP contribution in [-0.2, 0) is 0 Å². The summed E-state index contributed by atoms with van der Waals surface area (Å²) in [4.78, 5) is 17.3. The van der Waals surface area contributed by atoms with Crippen LogP contribution in [-0.4, -0.2) is 35.0 Å². The molecule has 2 heterocycles. The molecule has 0 aliphatic carbocycles. The van der Waals surface area contributed by atoms with Crippen molar-refractivity contribution >= 4 is 45.9 Å². The Morgan fingerprint density at radius 1 is 1.19 bits per heavy atom. The van der Waals surface area contributed by atoms with Crippen molar-refractivity contribution in [3.8, 4) is 11.5 Å². The van der Waals surface area contributed by atoms with Crippen LogP contribution in [0.2, 0.25) is 5.02 Å². The summed E-state index contributed by atoms with van der Waals surface area (Å²) in [6, 6.07) is 22.4. The number of carbonyl (C=O) groups excluding carboxylic acids is 1. The van der Waals surface area contributed by atoms with Crippen molar-refractivity contribution in [1.82, 2.24) is 10.4 Å². The van der Waals surface area contributed by atoms with Gasteiger partial charge in [0.1, 0.15) is 5.69 Å². The zero-order chi connectivity index (χ0) is 25.8. The molecule has 0 saturated heterocycles. The number of aromatic nitrogens is 1. The van der Waals surface area contributed by atoms with Gasteiger partial charge in [-0.05, 0) is 47.0 Å². The van der Waals surface area contributed by atoms with Gasteiger partial charge < -0.3 is 9.84 Å². The number of benzene rings is 3. The predicted molar refractivity (Wildman–Crippen MR) is 146 cm³/mol. The minimum atomic E-state index is -0.445. The number of nitrogens with zero attached hydrogens (tertiary/aromatic N) is 4. The Hall–Kier alpha value is -4.21. The van der Waals surface area contributed by atoms with Gasteiger partial charge in [0.05, 0.1) is 25.1 Å². The first-order valence-corrected chi connectivity index (χ1v) is 12.6. The molecule has 1 unspecified atom stereocenters. The van der Waals surface area contributed by atoms with Crippen LogP contribution in [0, 0.1) is 0 Å². The SMILES string of the molecule is COc1cc(C=NNC(=O)c2csc(N3N=C(c4ccccc4)CC3c3ccc(Cl)cc3)n2)ccc1O. The van der Waals surface area contributed by atoms with E-state index >= 15 is 0 Å². The van der Waals surface area contributed by atoms with E-state index < -0.39 is 5.91 Å². The maximum absolute atomic E-state index is 12.7. The van der Waals surface area contributed by atoms with Crippen molar-refractivity contribution in [2.75, 3.05) is 12.1 Å². The normalized spacial score (nSPS) is 15.1. The molecule has 3 aromatic carbocycles. The molecule has 37 heavy (non-hydrogen) atoms. The first-order chi connectivity index (χ1) is 18.0. The van der Waals surface area contributed by atoms with Gasteiger partial charge in [-0.3, -0.25) is 4.79 Å². The van der Waals surface area contributed by atoms with E-state index in [4.69, 9.17) is 21.4 Å². The number of anilines is 1. The number of hydrogen-bond acceptors (Lipinski definition) is 8. The molecule has 186 valence electrons. The number of thiazole rings is 1. The predicted octanol–water partition coefficient (Wildman–Crippen LogP) is 5.63. The number of rotatable bonds is 7. The average molecular weight is 532 g/mol. The summed E-state index contributed by atoms with van der Waals surface area (Å²) in [7, 11) is 1.46. The summed E-state index contributed by atoms with van der Waals surface area (Å²) in [5.41, 5.74) is 6.41. The molecule has 5 rings (SSSR count). The van der Waals surface area contributed by atoms with Gasteiger partial charge in [0, 0.05) is 16.8 Å². The fourth-order valence-electron chi connectivity index (χ4n) is 3.91. The lowest BCUT2D eigenvalue weighted by Gasteiger charge is -2.21. The Morgan fingerprint density at radius 2 is 1.97 bits per heavy atom. The van der Waals surface area contributed by atoms with Gasteiger partial charge in [-0.25, -0.2) is 15.4 Å². The quantitative estimate of drug-likeness (QED) is 0.238. The van der Waals surface area contributed by atoms with Crippen molar-refractivity contribution < 1.29 is 14.6 Å². The van der Waals surface area contributed by atoms with Gasteiger partial charge in [0.15, 0.2) is 11.5 Å². The number of hydrazone groups is 2. The number of methoxy groups -OCH3 is 1. The third kappa shape index (κ3) is 5.47. The van der Waals surface area contributed by atoms with Crippen LogP contribution in [0.25, 0.3) is 0 Å². The Labute approximate surface area is 222 Å². The van der Waals surface area contributed by atoms with E-state index in [0.717, 1.165) is 16.8 Å². The molecular weight excluding hydrogens is 510 g/mol. The molecule has 0 saturated carbocycles. The van der Waals surface area contributed by atoms with Gasteiger partial charge in [-0.1, -0.05) is 54.1 Å². The molecule has 2 N–H and O–H groups in total. The molecule has 8 nitrogen and oxygen atoms in total. The molecule has 1 aliphatic rings. The molecular formula is C27H22ClN5O3S. The molecule has 1 aliphatic heterocycles. The summed E-state index contributed by atoms with van der Waals surface area (Å²) in [6.45, 7) is 0. The lowest BCUT2D eigenvalue weighted by atomic mass is 9.99. The summed E-state index contributed by atoms with van der Waals surface area (Å²) in [5.74, 6) is -0.106. The highest BCUT2D eigenvalue weighted by molar-refractivity contribution is 7.14. The van der Waals surface area contributed by atoms with Crippen LogP contribution in [0.4, 0.5) is 5.13 Å². The highest BCUT2D eigenvalue weighted by atomic mass is 35.5. The van der Waals surface area contributed by atoms with E-state index in [0.29, 0.717) is 27.9 Å². The summed E-state index contributed by atoms with van der Waals surface area (Å²) < 4.78 is 5.09. The van der Waals surface area contributed by atoms with Crippen LogP contribution < -0.4 is 15.2 Å². The Balaban J connectivity index is 1.35. The van der Waals surface area contributed by atoms with Crippen molar-refractivity contribution in [1.29, 1.82) is 0 Å². The fraction of sp³-hybridized carbons (Fsp3) is 0.111. The van der Waals surface area contributed by atoms with Gasteiger partial charge in [0.2, 0.25) is 5.13 Å². The smallest absolute Gasteiger partial charge is 0.290 e. The number of ether oxygens (including phenoxy) is 1. The average Bonchev–Trinajstić information content (AvgIpc) is 3.59. The lowest BCUT2D eigenvalue weighted by molar-refractivity contribution is 0.0951. The van der Waals surface area contributed by atoms with Crippen molar-refractivity contribution in [2.24, 2.45) is 10.2 Å². The number of amides is 1. The molecule has 1 amide bonds. The molecule has 10 heteroatoms. The second-order valence-corrected chi connectivity index (χ2v) is 9.45. The maximum Gasteiger partial charge on any atom is 0.290 e. The highest BCUT2D eigenvalue weighted by Gasteiger charge is 2.32. The number of phenols is 1. The Morgan fingerprint density at radius 3 is 2.73 bits per heavy atom. The van der Waals surface area contributed by atoms with Gasteiger partial charge >= 0.3 is 0 Å². The number of carbonyl (C=O) groups is 1. The second kappa shape index (κ2) is 10.8. The molecule has 0 bridgehead atoms. The third-order valence-electron chi connectivity index (χ3n) is 5.78. The van der Waals surface area contributed by atoms with E-state index in [2.05, 4.69) is 15.5 Å². The van der Waals surface area contributed by atoms with E-state index in [1.165, 1.54) is 30.7 Å². The summed E-state index contributed by atoms with van der Waals surface area (Å²) in [5, 5.41) is 23.4. The van der Waals surface area contributed by atoms with E-state index in [1.54, 1.807) is 17.5 Å². The zero-order valence-corrected chi connectivity index (χ0v) is 21.3. The van der Waals surface area contributed by atoms with Crippen molar-refractivity contribution in [2.45, 2.75) is 12.5 Å². The van der Waals surface area contributed by atoms with Crippen LogP contribution >= 0.6 is 22.9 Å². The van der Waals surface area contributed by atoms with E-state index in [1.807, 2.05) is 59.6 Å². The minimum absolute atomic E-state index is 0.0237. The summed E-state index contributed by atoms with van der Waals surface area (Å²) in [6.07, 6.45) is 2.15. The molecule has 0 spiro atoms. The van der Waals surface area contributed by atoms with E-state index in [9.17, 15) is 9.90 Å². The van der Waals surface area contributed by atoms with Gasteiger partial charge in [0.25, 0.3) is 5.91 Å². The molecule has 0 radical (unpaired) electrons. The number of halogens is 1. The molecule has 4 aromatic rings. The zero-order valence-electron chi connectivity index (χ0n) is 19.7. The van der Waals surface area contributed by atoms with Crippen LogP contribution in [0.5, 0.6) is 11.5 Å². The van der Waals surface area contributed by atoms with Crippen molar-refractivity contribution in [3.63, 3.8) is 0 Å². The van der Waals surface area contributed by atoms with Crippen LogP contribution in [0.3, 0.4) is 0 Å². The second-order valence-electron chi connectivity index (χ2n) is 8.17. The lowest BCUT2D eigenvalue weighted by Crippen LogP contribution is -2.20. The van der Waals surface area contributed by atoms with E-state index in [-0.39, 0.29) is 17.5 Å². The Kier molecular flexibility index (Phi) is 7.16. The van der Waals surface area contributed by atoms with Crippen molar-refractivity contribution in [3.05, 3.63) is 106 Å². The standard InChI is InChI=1S/C27H22ClN5O3S/c1-36-25-13-17(7-12-24(25)34)15-29-31-26(35)22-16-37-27(30-22)33-23(19-8-10-20(28)11-9-19)14-21(32-33)18-5-3-2-4-6-18/h2-13,15-16,23,34H,14H2,1H3,(H,31,35). The van der Waals surface area contributed by atoms with Gasteiger partial charge in [-0.2, -0.15) is 10.2 Å². The fourth-order valence-corrected chi connectivity index (χ4v) is 4.84. The number of nitrogens with one attached hydrogen (secondary N) is 1. The topological polar surface area (TPSA) is 99.4 Å². The van der Waals surface area contributed by atoms with Crippen LogP contribution in [0.15, 0.2) is 88.4 Å². The Bertz CT molecular complexity index is 1470. The third-order valence-corrected chi connectivity index (χ3v) is 6.86. The van der Waals surface area contributed by atoms with Crippen LogP contribution in [0.1, 0.15) is 39.6 Å². The number of aromatic hydroxyl groups is 1.